The Kier molecular flexibility index (Phi) is 8.29. The van der Waals surface area contributed by atoms with Gasteiger partial charge in [0, 0.05) is 26.2 Å². The highest BCUT2D eigenvalue weighted by Crippen LogP contribution is 2.20. The maximum absolute atomic E-state index is 11.6. The molecule has 2 aliphatic rings. The number of carbonyl (C=O) groups excluding carboxylic acids is 1. The number of piperidine rings is 2. The number of methoxy groups -OCH3 is 1. The Labute approximate surface area is 173 Å². The zero-order valence-electron chi connectivity index (χ0n) is 17.3. The van der Waals surface area contributed by atoms with E-state index in [2.05, 4.69) is 15.9 Å². The lowest BCUT2D eigenvalue weighted by atomic mass is 9.97. The van der Waals surface area contributed by atoms with Gasteiger partial charge in [-0.2, -0.15) is 0 Å². The van der Waals surface area contributed by atoms with Crippen molar-refractivity contribution in [3.05, 3.63) is 29.8 Å². The second-order valence-electron chi connectivity index (χ2n) is 8.22. The summed E-state index contributed by atoms with van der Waals surface area (Å²) < 4.78 is 10.6. The number of hydrogen-bond donors (Lipinski definition) is 2. The van der Waals surface area contributed by atoms with Gasteiger partial charge in [-0.15, -0.1) is 0 Å². The molecule has 3 rings (SSSR count). The van der Waals surface area contributed by atoms with Gasteiger partial charge in [0.25, 0.3) is 0 Å². The first-order valence-electron chi connectivity index (χ1n) is 10.6. The van der Waals surface area contributed by atoms with Crippen molar-refractivity contribution in [2.45, 2.75) is 44.4 Å². The van der Waals surface area contributed by atoms with E-state index in [9.17, 15) is 15.0 Å². The fourth-order valence-electron chi connectivity index (χ4n) is 4.13. The molecule has 162 valence electrons. The number of benzene rings is 1. The van der Waals surface area contributed by atoms with Crippen molar-refractivity contribution in [2.24, 2.45) is 5.92 Å². The highest BCUT2D eigenvalue weighted by Gasteiger charge is 2.26. The summed E-state index contributed by atoms with van der Waals surface area (Å²) in [6, 6.07) is 8.00. The van der Waals surface area contributed by atoms with E-state index in [-0.39, 0.29) is 24.6 Å². The van der Waals surface area contributed by atoms with Gasteiger partial charge in [0.2, 0.25) is 0 Å². The summed E-state index contributed by atoms with van der Waals surface area (Å²) in [4.78, 5) is 16.1. The first-order chi connectivity index (χ1) is 14.0. The number of rotatable bonds is 8. The molecule has 2 fully saturated rings. The third kappa shape index (κ3) is 6.96. The molecule has 0 bridgehead atoms. The van der Waals surface area contributed by atoms with Gasteiger partial charge in [0.1, 0.15) is 18.5 Å². The van der Waals surface area contributed by atoms with Crippen LogP contribution in [0, 0.1) is 5.92 Å². The monoisotopic (exact) mass is 406 g/mol. The van der Waals surface area contributed by atoms with E-state index >= 15 is 0 Å². The number of β-amino-alcohol motifs (C(OH)–C–C–N with tert-alkyl or cyclic N) is 1. The van der Waals surface area contributed by atoms with Crippen molar-refractivity contribution in [2.75, 3.05) is 46.4 Å². The maximum atomic E-state index is 11.6. The Hall–Kier alpha value is -1.67. The molecule has 7 nitrogen and oxygen atoms in total. The average molecular weight is 407 g/mol. The van der Waals surface area contributed by atoms with Crippen LogP contribution in [0.5, 0.6) is 5.75 Å². The van der Waals surface area contributed by atoms with Crippen LogP contribution in [0.1, 0.15) is 31.2 Å². The van der Waals surface area contributed by atoms with Crippen LogP contribution in [0.3, 0.4) is 0 Å². The minimum Gasteiger partial charge on any atom is -0.491 e. The fourth-order valence-corrected chi connectivity index (χ4v) is 4.13. The van der Waals surface area contributed by atoms with Crippen LogP contribution < -0.4 is 4.74 Å². The number of ether oxygens (including phenoxy) is 2. The van der Waals surface area contributed by atoms with E-state index in [4.69, 9.17) is 9.47 Å². The Morgan fingerprint density at radius 2 is 1.83 bits per heavy atom. The molecule has 0 aromatic heterocycles. The van der Waals surface area contributed by atoms with Crippen LogP contribution in [0.15, 0.2) is 24.3 Å². The molecule has 0 aliphatic carbocycles. The third-order valence-electron chi connectivity index (χ3n) is 5.90. The number of aliphatic hydroxyl groups excluding tert-OH is 2. The van der Waals surface area contributed by atoms with E-state index in [0.29, 0.717) is 6.54 Å². The molecule has 0 amide bonds. The van der Waals surface area contributed by atoms with Gasteiger partial charge in [-0.3, -0.25) is 9.69 Å². The maximum Gasteiger partial charge on any atom is 0.308 e. The second kappa shape index (κ2) is 10.9. The molecule has 1 aromatic carbocycles. The highest BCUT2D eigenvalue weighted by atomic mass is 16.5. The van der Waals surface area contributed by atoms with Crippen LogP contribution in [-0.2, 0) is 16.1 Å². The number of nitrogens with zero attached hydrogens (tertiary/aromatic N) is 2. The van der Waals surface area contributed by atoms with E-state index in [0.717, 1.165) is 64.2 Å². The molecule has 7 heteroatoms. The molecule has 1 aromatic rings. The van der Waals surface area contributed by atoms with E-state index in [1.54, 1.807) is 0 Å². The molecule has 1 unspecified atom stereocenters. The molecular formula is C22H34N2O5. The van der Waals surface area contributed by atoms with Gasteiger partial charge in [-0.05, 0) is 56.5 Å². The summed E-state index contributed by atoms with van der Waals surface area (Å²) in [7, 11) is 1.43. The Morgan fingerprint density at radius 1 is 1.14 bits per heavy atom. The Bertz CT molecular complexity index is 640. The molecule has 2 N–H and O–H groups in total. The normalized spacial score (nSPS) is 21.1. The SMILES string of the molecule is COC(=O)C1CCN(CC(O)COc2cccc(CN3CCC(O)CC3)c2)CC1. The van der Waals surface area contributed by atoms with Gasteiger partial charge in [0.05, 0.1) is 19.1 Å². The lowest BCUT2D eigenvalue weighted by molar-refractivity contribution is -0.147. The minimum atomic E-state index is -0.572. The summed E-state index contributed by atoms with van der Waals surface area (Å²) >= 11 is 0. The molecule has 0 radical (unpaired) electrons. The van der Waals surface area contributed by atoms with Crippen molar-refractivity contribution in [1.82, 2.24) is 9.80 Å². The second-order valence-corrected chi connectivity index (χ2v) is 8.22. The molecule has 2 saturated heterocycles. The van der Waals surface area contributed by atoms with Gasteiger partial charge in [-0.1, -0.05) is 12.1 Å². The summed E-state index contributed by atoms with van der Waals surface area (Å²) in [5.74, 6) is 0.618. The topological polar surface area (TPSA) is 82.5 Å². The highest BCUT2D eigenvalue weighted by molar-refractivity contribution is 5.72. The van der Waals surface area contributed by atoms with Gasteiger partial charge >= 0.3 is 5.97 Å². The minimum absolute atomic E-state index is 0.0180. The summed E-state index contributed by atoms with van der Waals surface area (Å²) in [5.41, 5.74) is 1.18. The van der Waals surface area contributed by atoms with Crippen molar-refractivity contribution in [1.29, 1.82) is 0 Å². The largest absolute Gasteiger partial charge is 0.491 e. The molecular weight excluding hydrogens is 372 g/mol. The summed E-state index contributed by atoms with van der Waals surface area (Å²) in [5, 5.41) is 20.0. The molecule has 1 atom stereocenters. The summed E-state index contributed by atoms with van der Waals surface area (Å²) in [6.45, 7) is 5.05. The van der Waals surface area contributed by atoms with Crippen molar-refractivity contribution < 1.29 is 24.5 Å². The quantitative estimate of drug-likeness (QED) is 0.629. The van der Waals surface area contributed by atoms with Crippen molar-refractivity contribution >= 4 is 5.97 Å². The first kappa shape index (κ1) is 22.0. The van der Waals surface area contributed by atoms with Crippen LogP contribution in [0.2, 0.25) is 0 Å². The number of carbonyl (C=O) groups is 1. The van der Waals surface area contributed by atoms with Crippen LogP contribution in [0.25, 0.3) is 0 Å². The number of hydrogen-bond acceptors (Lipinski definition) is 7. The molecule has 2 aliphatic heterocycles. The van der Waals surface area contributed by atoms with E-state index in [1.165, 1.54) is 12.7 Å². The van der Waals surface area contributed by atoms with Crippen molar-refractivity contribution in [3.63, 3.8) is 0 Å². The smallest absolute Gasteiger partial charge is 0.308 e. The standard InChI is InChI=1S/C22H34N2O5/c1-28-22(27)18-5-9-24(10-6-18)15-20(26)16-29-21-4-2-3-17(13-21)14-23-11-7-19(25)8-12-23/h2-4,13,18-20,25-26H,5-12,14-16H2,1H3. The van der Waals surface area contributed by atoms with Crippen LogP contribution in [0.4, 0.5) is 0 Å². The number of likely N-dealkylation sites (tertiary alicyclic amines) is 2. The first-order valence-corrected chi connectivity index (χ1v) is 10.6. The van der Waals surface area contributed by atoms with Crippen LogP contribution >= 0.6 is 0 Å². The zero-order chi connectivity index (χ0) is 20.6. The van der Waals surface area contributed by atoms with E-state index < -0.39 is 6.10 Å². The predicted molar refractivity (Wildman–Crippen MR) is 110 cm³/mol. The van der Waals surface area contributed by atoms with Gasteiger partial charge in [-0.25, -0.2) is 0 Å². The number of esters is 1. The molecule has 0 spiro atoms. The van der Waals surface area contributed by atoms with Crippen molar-refractivity contribution in [3.8, 4) is 5.75 Å². The average Bonchev–Trinajstić information content (AvgIpc) is 2.74. The van der Waals surface area contributed by atoms with Gasteiger partial charge < -0.3 is 24.6 Å². The predicted octanol–water partition coefficient (Wildman–Crippen LogP) is 1.27. The number of aliphatic hydroxyl groups is 2. The van der Waals surface area contributed by atoms with E-state index in [1.807, 2.05) is 18.2 Å². The zero-order valence-corrected chi connectivity index (χ0v) is 17.3. The van der Waals surface area contributed by atoms with Gasteiger partial charge in [0.15, 0.2) is 0 Å². The fraction of sp³-hybridized carbons (Fsp3) is 0.682. The lowest BCUT2D eigenvalue weighted by Gasteiger charge is -2.31. The Morgan fingerprint density at radius 3 is 2.52 bits per heavy atom. The third-order valence-corrected chi connectivity index (χ3v) is 5.90. The molecule has 0 saturated carbocycles. The summed E-state index contributed by atoms with van der Waals surface area (Å²) in [6.07, 6.45) is 2.48. The Balaban J connectivity index is 1.39. The van der Waals surface area contributed by atoms with Crippen LogP contribution in [-0.4, -0.2) is 84.6 Å². The lowest BCUT2D eigenvalue weighted by Crippen LogP contribution is -2.42. The molecule has 29 heavy (non-hydrogen) atoms. The molecule has 2 heterocycles.